The van der Waals surface area contributed by atoms with Crippen LogP contribution in [0.5, 0.6) is 5.75 Å². The van der Waals surface area contributed by atoms with E-state index in [-0.39, 0.29) is 12.1 Å². The Labute approximate surface area is 195 Å². The smallest absolute Gasteiger partial charge is 0.170 e. The second-order valence-electron chi connectivity index (χ2n) is 8.73. The number of aromatic nitrogens is 2. The van der Waals surface area contributed by atoms with E-state index in [2.05, 4.69) is 62.4 Å². The molecule has 5 rings (SSSR count). The molecule has 32 heavy (non-hydrogen) atoms. The molecule has 2 atom stereocenters. The molecule has 6 heteroatoms. The minimum Gasteiger partial charge on any atom is -0.497 e. The van der Waals surface area contributed by atoms with Gasteiger partial charge in [-0.1, -0.05) is 37.5 Å². The van der Waals surface area contributed by atoms with Crippen molar-refractivity contribution in [2.75, 3.05) is 7.11 Å². The van der Waals surface area contributed by atoms with Crippen LogP contribution in [0, 0.1) is 0 Å². The quantitative estimate of drug-likeness (QED) is 0.502. The number of ether oxygens (including phenoxy) is 1. The van der Waals surface area contributed by atoms with Crippen LogP contribution in [-0.4, -0.2) is 26.7 Å². The number of nitrogens with zero attached hydrogens (tertiary/aromatic N) is 3. The lowest BCUT2D eigenvalue weighted by Crippen LogP contribution is -2.30. The fourth-order valence-electron chi connectivity index (χ4n) is 5.17. The third-order valence-electron chi connectivity index (χ3n) is 6.79. The summed E-state index contributed by atoms with van der Waals surface area (Å²) in [6.07, 6.45) is 10.6. The van der Waals surface area contributed by atoms with E-state index in [0.29, 0.717) is 6.04 Å². The Morgan fingerprint density at radius 3 is 2.56 bits per heavy atom. The minimum atomic E-state index is 0.0131. The lowest BCUT2D eigenvalue weighted by Gasteiger charge is -2.32. The first-order valence-electron chi connectivity index (χ1n) is 11.5. The van der Waals surface area contributed by atoms with Gasteiger partial charge in [-0.05, 0) is 67.0 Å². The van der Waals surface area contributed by atoms with Gasteiger partial charge < -0.3 is 19.5 Å². The normalized spacial score (nSPS) is 21.5. The summed E-state index contributed by atoms with van der Waals surface area (Å²) in [7, 11) is 1.70. The summed E-state index contributed by atoms with van der Waals surface area (Å²) in [6, 6.07) is 19.5. The topological polar surface area (TPSA) is 42.3 Å². The highest BCUT2D eigenvalue weighted by Gasteiger charge is 2.41. The van der Waals surface area contributed by atoms with Crippen molar-refractivity contribution in [2.24, 2.45) is 0 Å². The molecule has 1 aromatic carbocycles. The molecule has 0 unspecified atom stereocenters. The zero-order valence-electron chi connectivity index (χ0n) is 18.5. The zero-order chi connectivity index (χ0) is 21.9. The monoisotopic (exact) mass is 446 g/mol. The standard InChI is InChI=1S/C26H30N4OS/c1-31-21-14-12-19(13-15-21)18-30-25(24(28-26(30)32)22-10-5-6-16-27-22)23-11-7-17-29(23)20-8-3-2-4-9-20/h5-7,10-17,20,24-25H,2-4,8-9,18H2,1H3,(H,28,32)/t24-,25-/m0/s1. The number of benzene rings is 1. The highest BCUT2D eigenvalue weighted by atomic mass is 32.1. The molecular formula is C26H30N4OS. The third kappa shape index (κ3) is 4.11. The number of rotatable bonds is 6. The molecule has 0 radical (unpaired) electrons. The molecule has 3 aromatic rings. The Hall–Kier alpha value is -2.86. The Balaban J connectivity index is 1.52. The first kappa shape index (κ1) is 21.0. The van der Waals surface area contributed by atoms with Crippen LogP contribution in [0.25, 0.3) is 0 Å². The third-order valence-corrected chi connectivity index (χ3v) is 7.15. The van der Waals surface area contributed by atoms with Crippen LogP contribution in [0.15, 0.2) is 67.0 Å². The van der Waals surface area contributed by atoms with Crippen LogP contribution in [0.2, 0.25) is 0 Å². The van der Waals surface area contributed by atoms with E-state index >= 15 is 0 Å². The average Bonchev–Trinajstić information content (AvgIpc) is 3.45. The zero-order valence-corrected chi connectivity index (χ0v) is 19.3. The van der Waals surface area contributed by atoms with Gasteiger partial charge >= 0.3 is 0 Å². The average molecular weight is 447 g/mol. The molecule has 0 amide bonds. The predicted octanol–water partition coefficient (Wildman–Crippen LogP) is 5.57. The molecule has 3 heterocycles. The molecule has 166 valence electrons. The minimum absolute atomic E-state index is 0.0131. The van der Waals surface area contributed by atoms with Gasteiger partial charge in [0.05, 0.1) is 24.9 Å². The SMILES string of the molecule is COc1ccc(CN2C(=S)N[C@@H](c3ccccn3)[C@@H]2c2cccn2C2CCCCC2)cc1. The van der Waals surface area contributed by atoms with Crippen LogP contribution in [0.3, 0.4) is 0 Å². The van der Waals surface area contributed by atoms with Gasteiger partial charge in [0, 0.05) is 30.7 Å². The van der Waals surface area contributed by atoms with Crippen LogP contribution in [0.4, 0.5) is 0 Å². The molecular weight excluding hydrogens is 416 g/mol. The predicted molar refractivity (Wildman–Crippen MR) is 131 cm³/mol. The van der Waals surface area contributed by atoms with E-state index in [9.17, 15) is 0 Å². The van der Waals surface area contributed by atoms with Gasteiger partial charge in [0.15, 0.2) is 5.11 Å². The molecule has 5 nitrogen and oxygen atoms in total. The fraction of sp³-hybridized carbons (Fsp3) is 0.385. The summed E-state index contributed by atoms with van der Waals surface area (Å²) in [6.45, 7) is 0.736. The Kier molecular flexibility index (Phi) is 6.12. The van der Waals surface area contributed by atoms with Gasteiger partial charge in [-0.3, -0.25) is 4.98 Å². The second kappa shape index (κ2) is 9.33. The Bertz CT molecular complexity index is 1040. The highest BCUT2D eigenvalue weighted by molar-refractivity contribution is 7.80. The molecule has 1 aliphatic heterocycles. The van der Waals surface area contributed by atoms with Gasteiger partial charge in [-0.2, -0.15) is 0 Å². The maximum absolute atomic E-state index is 5.87. The molecule has 2 fully saturated rings. The number of pyridine rings is 1. The molecule has 1 saturated heterocycles. The molecule has 2 aromatic heterocycles. The van der Waals surface area contributed by atoms with Gasteiger partial charge in [-0.25, -0.2) is 0 Å². The number of hydrogen-bond acceptors (Lipinski definition) is 3. The van der Waals surface area contributed by atoms with Gasteiger partial charge in [0.25, 0.3) is 0 Å². The van der Waals surface area contributed by atoms with Crippen LogP contribution < -0.4 is 10.1 Å². The summed E-state index contributed by atoms with van der Waals surface area (Å²) >= 11 is 5.87. The van der Waals surface area contributed by atoms with Gasteiger partial charge in [0.2, 0.25) is 0 Å². The first-order chi connectivity index (χ1) is 15.7. The maximum Gasteiger partial charge on any atom is 0.170 e. The fourth-order valence-corrected chi connectivity index (χ4v) is 5.48. The van der Waals surface area contributed by atoms with Crippen molar-refractivity contribution in [1.29, 1.82) is 0 Å². The summed E-state index contributed by atoms with van der Waals surface area (Å²) in [5.41, 5.74) is 3.54. The van der Waals surface area contributed by atoms with Crippen molar-refractivity contribution in [1.82, 2.24) is 19.8 Å². The summed E-state index contributed by atoms with van der Waals surface area (Å²) in [5, 5.41) is 4.36. The number of nitrogens with one attached hydrogen (secondary N) is 1. The molecule has 0 bridgehead atoms. The molecule has 1 aliphatic carbocycles. The van der Waals surface area contributed by atoms with Crippen molar-refractivity contribution >= 4 is 17.3 Å². The van der Waals surface area contributed by atoms with Crippen molar-refractivity contribution in [3.63, 3.8) is 0 Å². The maximum atomic E-state index is 5.87. The van der Waals surface area contributed by atoms with E-state index in [1.807, 2.05) is 24.4 Å². The highest BCUT2D eigenvalue weighted by Crippen LogP contribution is 2.42. The first-order valence-corrected chi connectivity index (χ1v) is 11.9. The molecule has 2 aliphatic rings. The number of thiocarbonyl (C=S) groups is 1. The van der Waals surface area contributed by atoms with E-state index in [1.54, 1.807) is 7.11 Å². The van der Waals surface area contributed by atoms with Gasteiger partial charge in [0.1, 0.15) is 5.75 Å². The van der Waals surface area contributed by atoms with Gasteiger partial charge in [-0.15, -0.1) is 0 Å². The Morgan fingerprint density at radius 2 is 1.84 bits per heavy atom. The van der Waals surface area contributed by atoms with Crippen LogP contribution >= 0.6 is 12.2 Å². The van der Waals surface area contributed by atoms with E-state index in [0.717, 1.165) is 23.1 Å². The van der Waals surface area contributed by atoms with Crippen molar-refractivity contribution in [3.05, 3.63) is 83.9 Å². The largest absolute Gasteiger partial charge is 0.497 e. The summed E-state index contributed by atoms with van der Waals surface area (Å²) in [4.78, 5) is 7.01. The lowest BCUT2D eigenvalue weighted by molar-refractivity contribution is 0.275. The molecule has 0 spiro atoms. The summed E-state index contributed by atoms with van der Waals surface area (Å²) in [5.74, 6) is 0.866. The summed E-state index contributed by atoms with van der Waals surface area (Å²) < 4.78 is 7.85. The van der Waals surface area contributed by atoms with Crippen molar-refractivity contribution in [3.8, 4) is 5.75 Å². The lowest BCUT2D eigenvalue weighted by atomic mass is 9.94. The number of hydrogen-bond donors (Lipinski definition) is 1. The molecule has 1 N–H and O–H groups in total. The van der Waals surface area contributed by atoms with Crippen LogP contribution in [0.1, 0.15) is 67.2 Å². The number of methoxy groups -OCH3 is 1. The molecule has 1 saturated carbocycles. The van der Waals surface area contributed by atoms with E-state index < -0.39 is 0 Å². The van der Waals surface area contributed by atoms with E-state index in [4.69, 9.17) is 17.0 Å². The second-order valence-corrected chi connectivity index (χ2v) is 9.12. The Morgan fingerprint density at radius 1 is 1.03 bits per heavy atom. The van der Waals surface area contributed by atoms with Crippen molar-refractivity contribution < 1.29 is 4.74 Å². The van der Waals surface area contributed by atoms with Crippen LogP contribution in [-0.2, 0) is 6.54 Å². The van der Waals surface area contributed by atoms with E-state index in [1.165, 1.54) is 43.4 Å². The van der Waals surface area contributed by atoms with Crippen molar-refractivity contribution in [2.45, 2.75) is 56.8 Å².